The first-order valence-corrected chi connectivity index (χ1v) is 7.44. The van der Waals surface area contributed by atoms with Crippen molar-refractivity contribution in [1.82, 2.24) is 15.0 Å². The number of phosphoric acid groups is 1. The summed E-state index contributed by atoms with van der Waals surface area (Å²) in [5, 5.41) is 22.1. The number of hydrogen-bond acceptors (Lipinski definition) is 11. The number of aliphatic hydroxyl groups is 2. The fourth-order valence-corrected chi connectivity index (χ4v) is 2.12. The summed E-state index contributed by atoms with van der Waals surface area (Å²) < 4.78 is 20.1. The highest BCUT2D eigenvalue weighted by Gasteiger charge is 2.44. The van der Waals surface area contributed by atoms with Gasteiger partial charge >= 0.3 is 7.82 Å². The number of anilines is 3. The molecule has 1 aromatic rings. The third-order valence-corrected chi connectivity index (χ3v) is 3.20. The maximum absolute atomic E-state index is 10.6. The zero-order valence-electron chi connectivity index (χ0n) is 11.0. The summed E-state index contributed by atoms with van der Waals surface area (Å²) >= 11 is 0. The lowest BCUT2D eigenvalue weighted by molar-refractivity contribution is -0.0152. The molecule has 9 N–H and O–H groups in total. The van der Waals surface area contributed by atoms with Crippen molar-refractivity contribution < 1.29 is 33.8 Å². The largest absolute Gasteiger partial charge is 0.469 e. The van der Waals surface area contributed by atoms with Crippen LogP contribution in [0.1, 0.15) is 0 Å². The van der Waals surface area contributed by atoms with Gasteiger partial charge in [0, 0.05) is 0 Å². The molecule has 0 aliphatic carbocycles. The normalized spacial score (nSPS) is 28.7. The van der Waals surface area contributed by atoms with Gasteiger partial charge in [0.25, 0.3) is 0 Å². The van der Waals surface area contributed by atoms with E-state index in [1.54, 1.807) is 0 Å². The molecule has 1 aromatic heterocycles. The Kier molecular flexibility index (Phi) is 4.77. The van der Waals surface area contributed by atoms with Crippen LogP contribution in [0.4, 0.5) is 17.8 Å². The van der Waals surface area contributed by atoms with Crippen molar-refractivity contribution in [2.45, 2.75) is 24.5 Å². The molecule has 13 nitrogen and oxygen atoms in total. The molecule has 22 heavy (non-hydrogen) atoms. The lowest BCUT2D eigenvalue weighted by atomic mass is 10.1. The van der Waals surface area contributed by atoms with Gasteiger partial charge in [-0.2, -0.15) is 15.0 Å². The molecule has 4 atom stereocenters. The van der Waals surface area contributed by atoms with Crippen LogP contribution in [0.2, 0.25) is 0 Å². The molecule has 0 bridgehead atoms. The van der Waals surface area contributed by atoms with E-state index in [4.69, 9.17) is 26.0 Å². The summed E-state index contributed by atoms with van der Waals surface area (Å²) in [4.78, 5) is 28.2. The van der Waals surface area contributed by atoms with Crippen LogP contribution in [-0.4, -0.2) is 66.1 Å². The molecule has 2 rings (SSSR count). The van der Waals surface area contributed by atoms with Crippen LogP contribution in [0.3, 0.4) is 0 Å². The Morgan fingerprint density at radius 3 is 2.32 bits per heavy atom. The quantitative estimate of drug-likeness (QED) is 0.266. The van der Waals surface area contributed by atoms with Gasteiger partial charge in [-0.1, -0.05) is 0 Å². The zero-order chi connectivity index (χ0) is 16.5. The first-order chi connectivity index (χ1) is 10.2. The Balaban J connectivity index is 2.02. The number of nitrogen functional groups attached to an aromatic ring is 2. The van der Waals surface area contributed by atoms with Gasteiger partial charge in [-0.3, -0.25) is 4.52 Å². The molecule has 0 saturated carbocycles. The molecule has 1 saturated heterocycles. The first kappa shape index (κ1) is 16.8. The lowest BCUT2D eigenvalue weighted by Crippen LogP contribution is -2.37. The van der Waals surface area contributed by atoms with Gasteiger partial charge in [-0.25, -0.2) is 4.57 Å². The van der Waals surface area contributed by atoms with Crippen LogP contribution in [-0.2, 0) is 13.8 Å². The van der Waals surface area contributed by atoms with Gasteiger partial charge in [0.05, 0.1) is 6.61 Å². The molecule has 0 aromatic carbocycles. The second-order valence-electron chi connectivity index (χ2n) is 4.38. The van der Waals surface area contributed by atoms with E-state index in [9.17, 15) is 14.8 Å². The van der Waals surface area contributed by atoms with Crippen LogP contribution >= 0.6 is 7.82 Å². The Bertz CT molecular complexity index is 564. The standard InChI is InChI=1S/C8H15N6O7P/c9-6-12-7(10)14-8(13-6)11-5-4(16)3(15)2(21-5)1-20-22(17,18)19/h2-5,15-16H,1H2,(H2,17,18,19)(H5,9,10,11,12,13,14)/t2-,3-,4-,5?/m1/s1. The number of ether oxygens (including phenoxy) is 1. The molecule has 0 radical (unpaired) electrons. The predicted molar refractivity (Wildman–Crippen MR) is 70.9 cm³/mol. The van der Waals surface area contributed by atoms with Gasteiger partial charge in [0.2, 0.25) is 17.8 Å². The number of rotatable bonds is 5. The third-order valence-electron chi connectivity index (χ3n) is 2.71. The van der Waals surface area contributed by atoms with E-state index in [1.165, 1.54) is 0 Å². The summed E-state index contributed by atoms with van der Waals surface area (Å²) in [5.41, 5.74) is 10.8. The molecule has 2 heterocycles. The Labute approximate surface area is 123 Å². The number of nitrogens with two attached hydrogens (primary N) is 2. The smallest absolute Gasteiger partial charge is 0.387 e. The van der Waals surface area contributed by atoms with Crippen molar-refractivity contribution in [3.05, 3.63) is 0 Å². The average Bonchev–Trinajstić information content (AvgIpc) is 2.62. The predicted octanol–water partition coefficient (Wildman–Crippen LogP) is -3.00. The molecule has 1 unspecified atom stereocenters. The van der Waals surface area contributed by atoms with Crippen molar-refractivity contribution >= 4 is 25.7 Å². The van der Waals surface area contributed by atoms with Gasteiger partial charge in [-0.05, 0) is 0 Å². The molecular weight excluding hydrogens is 323 g/mol. The summed E-state index contributed by atoms with van der Waals surface area (Å²) in [6.07, 6.45) is -5.21. The number of nitrogens with zero attached hydrogens (tertiary/aromatic N) is 3. The van der Waals surface area contributed by atoms with E-state index in [0.29, 0.717) is 0 Å². The van der Waals surface area contributed by atoms with Crippen LogP contribution < -0.4 is 16.8 Å². The second kappa shape index (κ2) is 6.26. The molecule has 1 aliphatic heterocycles. The Morgan fingerprint density at radius 1 is 1.18 bits per heavy atom. The van der Waals surface area contributed by atoms with Crippen LogP contribution in [0.25, 0.3) is 0 Å². The SMILES string of the molecule is Nc1nc(N)nc(NC2O[C@H](COP(=O)(O)O)[C@@H](O)[C@H]2O)n1. The number of hydrogen-bond donors (Lipinski definition) is 7. The number of nitrogens with one attached hydrogen (secondary N) is 1. The van der Waals surface area contributed by atoms with Crippen LogP contribution in [0, 0.1) is 0 Å². The van der Waals surface area contributed by atoms with E-state index in [0.717, 1.165) is 0 Å². The summed E-state index contributed by atoms with van der Waals surface area (Å²) in [5.74, 6) is -0.424. The molecule has 124 valence electrons. The first-order valence-electron chi connectivity index (χ1n) is 5.91. The maximum atomic E-state index is 10.6. The topological polar surface area (TPSA) is 219 Å². The minimum atomic E-state index is -4.72. The highest BCUT2D eigenvalue weighted by atomic mass is 31.2. The van der Waals surface area contributed by atoms with E-state index in [-0.39, 0.29) is 17.8 Å². The summed E-state index contributed by atoms with van der Waals surface area (Å²) in [6.45, 7) is -0.623. The minimum absolute atomic E-state index is 0.0993. The zero-order valence-corrected chi connectivity index (χ0v) is 11.9. The van der Waals surface area contributed by atoms with Crippen molar-refractivity contribution in [1.29, 1.82) is 0 Å². The molecule has 1 fully saturated rings. The van der Waals surface area contributed by atoms with Crippen LogP contribution in [0.5, 0.6) is 0 Å². The number of phosphoric ester groups is 1. The fourth-order valence-electron chi connectivity index (χ4n) is 1.78. The van der Waals surface area contributed by atoms with Crippen molar-refractivity contribution in [2.75, 3.05) is 23.4 Å². The van der Waals surface area contributed by atoms with E-state index >= 15 is 0 Å². The fraction of sp³-hybridized carbons (Fsp3) is 0.625. The van der Waals surface area contributed by atoms with E-state index < -0.39 is 39.0 Å². The lowest BCUT2D eigenvalue weighted by Gasteiger charge is -2.16. The van der Waals surface area contributed by atoms with Gasteiger partial charge in [-0.15, -0.1) is 0 Å². The van der Waals surface area contributed by atoms with Crippen molar-refractivity contribution in [2.24, 2.45) is 0 Å². The second-order valence-corrected chi connectivity index (χ2v) is 5.62. The number of aromatic nitrogens is 3. The van der Waals surface area contributed by atoms with E-state index in [1.807, 2.05) is 0 Å². The van der Waals surface area contributed by atoms with Gasteiger partial charge in [0.15, 0.2) is 6.23 Å². The van der Waals surface area contributed by atoms with E-state index in [2.05, 4.69) is 24.8 Å². The molecule has 1 aliphatic rings. The molecule has 0 amide bonds. The highest BCUT2D eigenvalue weighted by molar-refractivity contribution is 7.46. The molecule has 0 spiro atoms. The number of aliphatic hydroxyl groups excluding tert-OH is 2. The van der Waals surface area contributed by atoms with Crippen molar-refractivity contribution in [3.63, 3.8) is 0 Å². The van der Waals surface area contributed by atoms with Gasteiger partial charge < -0.3 is 41.5 Å². The van der Waals surface area contributed by atoms with Crippen LogP contribution in [0.15, 0.2) is 0 Å². The maximum Gasteiger partial charge on any atom is 0.469 e. The summed E-state index contributed by atoms with van der Waals surface area (Å²) in [6, 6.07) is 0. The average molecular weight is 338 g/mol. The third kappa shape index (κ3) is 4.20. The Morgan fingerprint density at radius 2 is 1.77 bits per heavy atom. The monoisotopic (exact) mass is 338 g/mol. The minimum Gasteiger partial charge on any atom is -0.387 e. The van der Waals surface area contributed by atoms with Crippen molar-refractivity contribution in [3.8, 4) is 0 Å². The molecular formula is C8H15N6O7P. The molecule has 14 heteroatoms. The Hall–Kier alpha value is -1.60. The van der Waals surface area contributed by atoms with Gasteiger partial charge in [0.1, 0.15) is 18.3 Å². The highest BCUT2D eigenvalue weighted by Crippen LogP contribution is 2.37. The summed E-state index contributed by atoms with van der Waals surface area (Å²) in [7, 11) is -4.72.